The van der Waals surface area contributed by atoms with Crippen molar-refractivity contribution in [2.45, 2.75) is 26.3 Å². The van der Waals surface area contributed by atoms with Gasteiger partial charge >= 0.3 is 0 Å². The van der Waals surface area contributed by atoms with Crippen LogP contribution in [0.25, 0.3) is 0 Å². The van der Waals surface area contributed by atoms with E-state index in [1.54, 1.807) is 18.3 Å². The molecule has 1 aliphatic rings. The van der Waals surface area contributed by atoms with Crippen LogP contribution < -0.4 is 10.6 Å². The second-order valence-electron chi connectivity index (χ2n) is 6.79. The van der Waals surface area contributed by atoms with Gasteiger partial charge in [-0.1, -0.05) is 6.07 Å². The molecule has 1 aliphatic heterocycles. The number of carbonyl (C=O) groups is 2. The molecule has 1 aromatic heterocycles. The summed E-state index contributed by atoms with van der Waals surface area (Å²) in [5.41, 5.74) is 1.37. The summed E-state index contributed by atoms with van der Waals surface area (Å²) in [6, 6.07) is 7.18. The van der Waals surface area contributed by atoms with E-state index >= 15 is 0 Å². The highest BCUT2D eigenvalue weighted by molar-refractivity contribution is 5.94. The number of anilines is 2. The molecular formula is C19H25N5O2. The molecule has 7 nitrogen and oxygen atoms in total. The van der Waals surface area contributed by atoms with Crippen molar-refractivity contribution in [1.29, 1.82) is 0 Å². The molecule has 1 saturated heterocycles. The van der Waals surface area contributed by atoms with Gasteiger partial charge in [0.1, 0.15) is 0 Å². The van der Waals surface area contributed by atoms with Crippen LogP contribution in [0.15, 0.2) is 43.0 Å². The Kier molecular flexibility index (Phi) is 6.01. The van der Waals surface area contributed by atoms with Gasteiger partial charge in [0.15, 0.2) is 0 Å². The number of hydrogen-bond donors (Lipinski definition) is 2. The molecule has 138 valence electrons. The quantitative estimate of drug-likeness (QED) is 0.832. The minimum absolute atomic E-state index is 0.0296. The number of benzene rings is 1. The van der Waals surface area contributed by atoms with Crippen LogP contribution in [0, 0.1) is 5.92 Å². The number of nitrogens with zero attached hydrogens (tertiary/aromatic N) is 3. The number of rotatable bonds is 6. The van der Waals surface area contributed by atoms with Crippen LogP contribution in [0.5, 0.6) is 0 Å². The molecule has 0 bridgehead atoms. The van der Waals surface area contributed by atoms with Crippen molar-refractivity contribution >= 4 is 23.2 Å². The first-order valence-corrected chi connectivity index (χ1v) is 8.94. The number of piperidine rings is 1. The Labute approximate surface area is 153 Å². The highest BCUT2D eigenvalue weighted by Crippen LogP contribution is 2.19. The smallest absolute Gasteiger partial charge is 0.238 e. The molecule has 0 unspecified atom stereocenters. The minimum atomic E-state index is -0.132. The first-order valence-electron chi connectivity index (χ1n) is 8.94. The van der Waals surface area contributed by atoms with Crippen molar-refractivity contribution in [1.82, 2.24) is 14.5 Å². The molecule has 0 radical (unpaired) electrons. The topological polar surface area (TPSA) is 79.3 Å². The van der Waals surface area contributed by atoms with Crippen LogP contribution >= 0.6 is 0 Å². The summed E-state index contributed by atoms with van der Waals surface area (Å²) >= 11 is 0. The number of hydrogen-bond acceptors (Lipinski definition) is 4. The third kappa shape index (κ3) is 5.42. The summed E-state index contributed by atoms with van der Waals surface area (Å²) in [5, 5.41) is 5.62. The number of likely N-dealkylation sites (tertiary alicyclic amines) is 1. The molecule has 0 atom stereocenters. The first-order chi connectivity index (χ1) is 12.6. The van der Waals surface area contributed by atoms with Gasteiger partial charge in [0.2, 0.25) is 11.8 Å². The monoisotopic (exact) mass is 355 g/mol. The summed E-state index contributed by atoms with van der Waals surface area (Å²) in [4.78, 5) is 29.7. The van der Waals surface area contributed by atoms with Crippen molar-refractivity contribution in [2.75, 3.05) is 30.3 Å². The van der Waals surface area contributed by atoms with Crippen LogP contribution in [0.3, 0.4) is 0 Å². The van der Waals surface area contributed by atoms with Gasteiger partial charge in [-0.15, -0.1) is 0 Å². The fraction of sp³-hybridized carbons (Fsp3) is 0.421. The van der Waals surface area contributed by atoms with E-state index in [4.69, 9.17) is 0 Å². The average Bonchev–Trinajstić information content (AvgIpc) is 3.09. The highest BCUT2D eigenvalue weighted by Gasteiger charge is 2.21. The molecule has 3 rings (SSSR count). The first kappa shape index (κ1) is 18.1. The van der Waals surface area contributed by atoms with Gasteiger partial charge in [-0.25, -0.2) is 4.98 Å². The molecule has 0 aliphatic carbocycles. The van der Waals surface area contributed by atoms with Gasteiger partial charge < -0.3 is 15.2 Å². The van der Waals surface area contributed by atoms with E-state index in [2.05, 4.69) is 25.1 Å². The molecule has 26 heavy (non-hydrogen) atoms. The van der Waals surface area contributed by atoms with Gasteiger partial charge in [-0.05, 0) is 50.0 Å². The van der Waals surface area contributed by atoms with Crippen LogP contribution in [0.4, 0.5) is 11.4 Å². The predicted molar refractivity (Wildman–Crippen MR) is 101 cm³/mol. The van der Waals surface area contributed by atoms with Crippen LogP contribution in [0.2, 0.25) is 0 Å². The number of imidazole rings is 1. The Morgan fingerprint density at radius 1 is 1.19 bits per heavy atom. The highest BCUT2D eigenvalue weighted by atomic mass is 16.2. The van der Waals surface area contributed by atoms with E-state index in [1.807, 2.05) is 24.7 Å². The van der Waals surface area contributed by atoms with Crippen molar-refractivity contribution in [3.63, 3.8) is 0 Å². The summed E-state index contributed by atoms with van der Waals surface area (Å²) < 4.78 is 2.12. The van der Waals surface area contributed by atoms with Gasteiger partial charge in [-0.2, -0.15) is 0 Å². The maximum atomic E-state index is 12.3. The van der Waals surface area contributed by atoms with E-state index in [1.165, 1.54) is 6.92 Å². The summed E-state index contributed by atoms with van der Waals surface area (Å²) in [6.45, 7) is 4.71. The Morgan fingerprint density at radius 2 is 1.92 bits per heavy atom. The standard InChI is InChI=1S/C19H25N5O2/c1-15(25)21-17-3-2-4-18(11-17)22-19(26)13-23-8-5-16(6-9-23)12-24-10-7-20-14-24/h2-4,7,10-11,14,16H,5-6,8-9,12-13H2,1H3,(H,21,25)(H,22,26). The maximum absolute atomic E-state index is 12.3. The SMILES string of the molecule is CC(=O)Nc1cccc(NC(=O)CN2CCC(Cn3ccnc3)CC2)c1. The Morgan fingerprint density at radius 3 is 2.58 bits per heavy atom. The Balaban J connectivity index is 1.43. The van der Waals surface area contributed by atoms with Crippen molar-refractivity contribution in [3.8, 4) is 0 Å². The third-order valence-electron chi connectivity index (χ3n) is 4.57. The number of amides is 2. The van der Waals surface area contributed by atoms with Gasteiger partial charge in [0.05, 0.1) is 12.9 Å². The van der Waals surface area contributed by atoms with Crippen LogP contribution in [-0.4, -0.2) is 45.9 Å². The largest absolute Gasteiger partial charge is 0.337 e. The summed E-state index contributed by atoms with van der Waals surface area (Å²) in [5.74, 6) is 0.475. The van der Waals surface area contributed by atoms with E-state index in [9.17, 15) is 9.59 Å². The van der Waals surface area contributed by atoms with E-state index in [0.717, 1.165) is 32.5 Å². The molecule has 2 amide bonds. The molecule has 1 fully saturated rings. The summed E-state index contributed by atoms with van der Waals surface area (Å²) in [7, 11) is 0. The molecular weight excluding hydrogens is 330 g/mol. The Hall–Kier alpha value is -2.67. The van der Waals surface area contributed by atoms with Gasteiger partial charge in [0.25, 0.3) is 0 Å². The molecule has 2 heterocycles. The lowest BCUT2D eigenvalue weighted by Crippen LogP contribution is -2.39. The molecule has 2 N–H and O–H groups in total. The minimum Gasteiger partial charge on any atom is -0.337 e. The molecule has 7 heteroatoms. The lowest BCUT2D eigenvalue weighted by atomic mass is 9.97. The third-order valence-corrected chi connectivity index (χ3v) is 4.57. The Bertz CT molecular complexity index is 736. The van der Waals surface area contributed by atoms with Crippen molar-refractivity contribution in [3.05, 3.63) is 43.0 Å². The van der Waals surface area contributed by atoms with Crippen molar-refractivity contribution in [2.24, 2.45) is 5.92 Å². The summed E-state index contributed by atoms with van der Waals surface area (Å²) in [6.07, 6.45) is 7.83. The molecule has 0 spiro atoms. The zero-order valence-corrected chi connectivity index (χ0v) is 15.0. The zero-order valence-electron chi connectivity index (χ0n) is 15.0. The van der Waals surface area contributed by atoms with Crippen LogP contribution in [-0.2, 0) is 16.1 Å². The van der Waals surface area contributed by atoms with Crippen molar-refractivity contribution < 1.29 is 9.59 Å². The van der Waals surface area contributed by atoms with E-state index < -0.39 is 0 Å². The molecule has 1 aromatic carbocycles. The lowest BCUT2D eigenvalue weighted by Gasteiger charge is -2.31. The fourth-order valence-corrected chi connectivity index (χ4v) is 3.30. The molecule has 2 aromatic rings. The lowest BCUT2D eigenvalue weighted by molar-refractivity contribution is -0.117. The fourth-order valence-electron chi connectivity index (χ4n) is 3.30. The van der Waals surface area contributed by atoms with E-state index in [0.29, 0.717) is 23.8 Å². The molecule has 0 saturated carbocycles. The van der Waals surface area contributed by atoms with Gasteiger partial charge in [-0.3, -0.25) is 14.5 Å². The number of carbonyl (C=O) groups excluding carboxylic acids is 2. The second kappa shape index (κ2) is 8.62. The second-order valence-corrected chi connectivity index (χ2v) is 6.79. The number of nitrogens with one attached hydrogen (secondary N) is 2. The zero-order chi connectivity index (χ0) is 18.4. The van der Waals surface area contributed by atoms with Gasteiger partial charge in [0, 0.05) is 37.2 Å². The van der Waals surface area contributed by atoms with Crippen LogP contribution in [0.1, 0.15) is 19.8 Å². The predicted octanol–water partition coefficient (Wildman–Crippen LogP) is 2.19. The maximum Gasteiger partial charge on any atom is 0.238 e. The van der Waals surface area contributed by atoms with E-state index in [-0.39, 0.29) is 11.8 Å². The average molecular weight is 355 g/mol. The number of aromatic nitrogens is 2. The normalized spacial score (nSPS) is 15.6.